The molecule has 1 aliphatic rings. The summed E-state index contributed by atoms with van der Waals surface area (Å²) in [5, 5.41) is 0. The molecule has 1 aromatic carbocycles. The summed E-state index contributed by atoms with van der Waals surface area (Å²) in [7, 11) is 0. The van der Waals surface area contributed by atoms with Crippen molar-refractivity contribution in [2.45, 2.75) is 25.6 Å². The van der Waals surface area contributed by atoms with Gasteiger partial charge in [-0.05, 0) is 30.5 Å². The summed E-state index contributed by atoms with van der Waals surface area (Å²) in [5.41, 5.74) is 4.25. The van der Waals surface area contributed by atoms with E-state index >= 15 is 0 Å². The van der Waals surface area contributed by atoms with Crippen molar-refractivity contribution in [2.24, 2.45) is 11.7 Å². The van der Waals surface area contributed by atoms with Crippen LogP contribution in [-0.4, -0.2) is 29.9 Å². The van der Waals surface area contributed by atoms with E-state index in [1.54, 1.807) is 0 Å². The largest absolute Gasteiger partial charge is 0.416 e. The molecule has 2 unspecified atom stereocenters. The second kappa shape index (κ2) is 5.63. The lowest BCUT2D eigenvalue weighted by Gasteiger charge is -2.35. The molecule has 1 amide bonds. The summed E-state index contributed by atoms with van der Waals surface area (Å²) in [5.74, 6) is -1.48. The lowest BCUT2D eigenvalue weighted by Crippen LogP contribution is -2.49. The first kappa shape index (κ1) is 15.8. The number of hydrogen-bond donors (Lipinski definition) is 1. The number of benzene rings is 1. The normalized spacial score (nSPS) is 23.2. The summed E-state index contributed by atoms with van der Waals surface area (Å²) >= 11 is 0. The van der Waals surface area contributed by atoms with Gasteiger partial charge in [-0.1, -0.05) is 6.92 Å². The molecule has 3 nitrogen and oxygen atoms in total. The summed E-state index contributed by atoms with van der Waals surface area (Å²) in [6.45, 7) is 2.52. The van der Waals surface area contributed by atoms with Crippen molar-refractivity contribution in [2.75, 3.05) is 13.1 Å². The fourth-order valence-electron chi connectivity index (χ4n) is 2.32. The molecule has 0 radical (unpaired) electrons. The molecule has 2 N–H and O–H groups in total. The minimum Gasteiger partial charge on any atom is -0.337 e. The topological polar surface area (TPSA) is 46.3 Å². The van der Waals surface area contributed by atoms with Gasteiger partial charge >= 0.3 is 6.18 Å². The van der Waals surface area contributed by atoms with E-state index in [1.807, 2.05) is 6.92 Å². The molecule has 1 aliphatic heterocycles. The Morgan fingerprint density at radius 1 is 1.38 bits per heavy atom. The molecule has 7 heteroatoms. The quantitative estimate of drug-likeness (QED) is 0.811. The Morgan fingerprint density at radius 3 is 2.62 bits per heavy atom. The van der Waals surface area contributed by atoms with Gasteiger partial charge in [0.15, 0.2) is 0 Å². The molecular weight excluding hydrogens is 288 g/mol. The van der Waals surface area contributed by atoms with Crippen LogP contribution < -0.4 is 5.73 Å². The van der Waals surface area contributed by atoms with Gasteiger partial charge in [0, 0.05) is 19.1 Å². The molecule has 2 rings (SSSR count). The lowest BCUT2D eigenvalue weighted by molar-refractivity contribution is -0.137. The Hall–Kier alpha value is -1.63. The fraction of sp³-hybridized carbons (Fsp3) is 0.500. The van der Waals surface area contributed by atoms with Gasteiger partial charge in [-0.25, -0.2) is 4.39 Å². The first-order valence-corrected chi connectivity index (χ1v) is 6.61. The highest BCUT2D eigenvalue weighted by Crippen LogP contribution is 2.31. The van der Waals surface area contributed by atoms with E-state index in [1.165, 1.54) is 4.90 Å². The van der Waals surface area contributed by atoms with E-state index < -0.39 is 29.0 Å². The van der Waals surface area contributed by atoms with Crippen molar-refractivity contribution in [1.82, 2.24) is 4.90 Å². The Labute approximate surface area is 119 Å². The number of alkyl halides is 3. The minimum absolute atomic E-state index is 0.218. The van der Waals surface area contributed by atoms with Gasteiger partial charge < -0.3 is 10.6 Å². The van der Waals surface area contributed by atoms with Crippen LogP contribution in [0.5, 0.6) is 0 Å². The third-order valence-electron chi connectivity index (χ3n) is 3.83. The monoisotopic (exact) mass is 304 g/mol. The molecule has 0 aromatic heterocycles. The minimum atomic E-state index is -4.62. The molecule has 21 heavy (non-hydrogen) atoms. The predicted octanol–water partition coefficient (Wildman–Crippen LogP) is 2.65. The number of halogens is 4. The Morgan fingerprint density at radius 2 is 2.05 bits per heavy atom. The van der Waals surface area contributed by atoms with Gasteiger partial charge in [0.1, 0.15) is 5.82 Å². The van der Waals surface area contributed by atoms with Crippen molar-refractivity contribution in [3.05, 3.63) is 35.1 Å². The smallest absolute Gasteiger partial charge is 0.337 e. The van der Waals surface area contributed by atoms with Gasteiger partial charge in [0.2, 0.25) is 0 Å². The number of carbonyl (C=O) groups is 1. The molecule has 116 valence electrons. The van der Waals surface area contributed by atoms with Crippen LogP contribution in [0.2, 0.25) is 0 Å². The zero-order chi connectivity index (χ0) is 15.8. The summed E-state index contributed by atoms with van der Waals surface area (Å²) < 4.78 is 51.6. The van der Waals surface area contributed by atoms with Crippen LogP contribution in [0.1, 0.15) is 29.3 Å². The number of rotatable bonds is 1. The molecular formula is C14H16F4N2O. The van der Waals surface area contributed by atoms with Crippen LogP contribution in [0.25, 0.3) is 0 Å². The zero-order valence-electron chi connectivity index (χ0n) is 11.5. The van der Waals surface area contributed by atoms with Crippen molar-refractivity contribution < 1.29 is 22.4 Å². The van der Waals surface area contributed by atoms with Crippen LogP contribution in [0, 0.1) is 11.7 Å². The third-order valence-corrected chi connectivity index (χ3v) is 3.83. The van der Waals surface area contributed by atoms with E-state index in [4.69, 9.17) is 5.73 Å². The molecule has 0 aliphatic carbocycles. The summed E-state index contributed by atoms with van der Waals surface area (Å²) in [4.78, 5) is 13.5. The number of nitrogens with zero attached hydrogens (tertiary/aromatic N) is 1. The molecule has 1 aromatic rings. The van der Waals surface area contributed by atoms with Crippen molar-refractivity contribution in [1.29, 1.82) is 0 Å². The Balaban J connectivity index is 2.27. The first-order valence-electron chi connectivity index (χ1n) is 6.61. The summed E-state index contributed by atoms with van der Waals surface area (Å²) in [6, 6.07) is 1.59. The highest BCUT2D eigenvalue weighted by Gasteiger charge is 2.33. The molecule has 1 fully saturated rings. The van der Waals surface area contributed by atoms with Crippen molar-refractivity contribution >= 4 is 5.91 Å². The Bertz CT molecular complexity index is 544. The van der Waals surface area contributed by atoms with Gasteiger partial charge in [-0.3, -0.25) is 4.79 Å². The van der Waals surface area contributed by atoms with Crippen LogP contribution in [-0.2, 0) is 6.18 Å². The fourth-order valence-corrected chi connectivity index (χ4v) is 2.32. The third kappa shape index (κ3) is 3.34. The maximum Gasteiger partial charge on any atom is 0.416 e. The highest BCUT2D eigenvalue weighted by atomic mass is 19.4. The highest BCUT2D eigenvalue weighted by molar-refractivity contribution is 5.94. The van der Waals surface area contributed by atoms with E-state index in [0.29, 0.717) is 31.2 Å². The first-order chi connectivity index (χ1) is 9.70. The number of likely N-dealkylation sites (tertiary alicyclic amines) is 1. The predicted molar refractivity (Wildman–Crippen MR) is 69.1 cm³/mol. The number of nitrogens with two attached hydrogens (primary N) is 1. The second-order valence-electron chi connectivity index (χ2n) is 5.37. The number of carbonyl (C=O) groups excluding carboxylic acids is 1. The molecule has 0 spiro atoms. The average molecular weight is 304 g/mol. The van der Waals surface area contributed by atoms with E-state index in [9.17, 15) is 22.4 Å². The van der Waals surface area contributed by atoms with Crippen molar-refractivity contribution in [3.8, 4) is 0 Å². The molecule has 0 saturated carbocycles. The molecule has 2 atom stereocenters. The van der Waals surface area contributed by atoms with Gasteiger partial charge in [-0.15, -0.1) is 0 Å². The maximum atomic E-state index is 13.7. The van der Waals surface area contributed by atoms with Crippen LogP contribution in [0.4, 0.5) is 17.6 Å². The Kier molecular flexibility index (Phi) is 4.22. The zero-order valence-corrected chi connectivity index (χ0v) is 11.5. The van der Waals surface area contributed by atoms with Gasteiger partial charge in [0.05, 0.1) is 11.1 Å². The number of hydrogen-bond acceptors (Lipinski definition) is 2. The summed E-state index contributed by atoms with van der Waals surface area (Å²) in [6.07, 6.45) is -3.97. The second-order valence-corrected chi connectivity index (χ2v) is 5.37. The van der Waals surface area contributed by atoms with E-state index in [-0.39, 0.29) is 18.5 Å². The van der Waals surface area contributed by atoms with Crippen LogP contribution in [0.3, 0.4) is 0 Å². The van der Waals surface area contributed by atoms with E-state index in [2.05, 4.69) is 0 Å². The standard InChI is InChI=1S/C14H16F4N2O/c1-8-4-5-20(7-12(8)19)13(21)10-6-9(14(16,17)18)2-3-11(10)15/h2-3,6,8,12H,4-5,7,19H2,1H3. The molecule has 0 bridgehead atoms. The van der Waals surface area contributed by atoms with Gasteiger partial charge in [-0.2, -0.15) is 13.2 Å². The lowest BCUT2D eigenvalue weighted by atomic mass is 9.94. The molecule has 1 heterocycles. The number of amides is 1. The SMILES string of the molecule is CC1CCN(C(=O)c2cc(C(F)(F)F)ccc2F)CC1N. The van der Waals surface area contributed by atoms with E-state index in [0.717, 1.165) is 0 Å². The van der Waals surface area contributed by atoms with Crippen LogP contribution >= 0.6 is 0 Å². The maximum absolute atomic E-state index is 13.7. The van der Waals surface area contributed by atoms with Crippen LogP contribution in [0.15, 0.2) is 18.2 Å². The number of piperidine rings is 1. The van der Waals surface area contributed by atoms with Gasteiger partial charge in [0.25, 0.3) is 5.91 Å². The average Bonchev–Trinajstić information content (AvgIpc) is 2.40. The molecule has 1 saturated heterocycles. The van der Waals surface area contributed by atoms with Crippen molar-refractivity contribution in [3.63, 3.8) is 0 Å².